The van der Waals surface area contributed by atoms with E-state index in [4.69, 9.17) is 28.9 Å². The molecule has 0 radical (unpaired) electrons. The molecular weight excluding hydrogens is 285 g/mol. The third-order valence-electron chi connectivity index (χ3n) is 2.93. The van der Waals surface area contributed by atoms with E-state index in [1.807, 2.05) is 12.1 Å². The van der Waals surface area contributed by atoms with Gasteiger partial charge in [0.2, 0.25) is 0 Å². The van der Waals surface area contributed by atoms with Crippen molar-refractivity contribution in [2.75, 3.05) is 6.54 Å². The molecule has 1 atom stereocenters. The van der Waals surface area contributed by atoms with Crippen molar-refractivity contribution in [3.05, 3.63) is 45.3 Å². The highest BCUT2D eigenvalue weighted by atomic mass is 35.5. The van der Waals surface area contributed by atoms with Crippen LogP contribution in [0.4, 0.5) is 0 Å². The lowest BCUT2D eigenvalue weighted by molar-refractivity contribution is 0.701. The number of halogens is 2. The van der Waals surface area contributed by atoms with Crippen LogP contribution in [0.5, 0.6) is 0 Å². The Bertz CT molecular complexity index is 536. The summed E-state index contributed by atoms with van der Waals surface area (Å²) in [5, 5.41) is 1.22. The van der Waals surface area contributed by atoms with Gasteiger partial charge in [-0.25, -0.2) is 0 Å². The Hall–Kier alpha value is -0.540. The van der Waals surface area contributed by atoms with Crippen molar-refractivity contribution in [1.29, 1.82) is 0 Å². The second-order valence-electron chi connectivity index (χ2n) is 4.28. The lowest BCUT2D eigenvalue weighted by atomic mass is 10.1. The summed E-state index contributed by atoms with van der Waals surface area (Å²) in [7, 11) is 0. The molecule has 4 heteroatoms. The number of benzene rings is 1. The monoisotopic (exact) mass is 299 g/mol. The number of rotatable bonds is 4. The summed E-state index contributed by atoms with van der Waals surface area (Å²) in [6, 6.07) is 9.98. The molecule has 0 aliphatic heterocycles. The first-order valence-corrected chi connectivity index (χ1v) is 7.45. The minimum Gasteiger partial charge on any atom is -0.330 e. The molecule has 1 heterocycles. The van der Waals surface area contributed by atoms with E-state index in [1.54, 1.807) is 17.4 Å². The van der Waals surface area contributed by atoms with Crippen LogP contribution in [0.2, 0.25) is 10.0 Å². The van der Waals surface area contributed by atoms with Crippen molar-refractivity contribution in [3.63, 3.8) is 0 Å². The Morgan fingerprint density at radius 3 is 2.72 bits per heavy atom. The highest BCUT2D eigenvalue weighted by Gasteiger charge is 2.12. The SMILES string of the molecule is CC(CCN)c1ccc(-c2cccc(Cl)c2Cl)s1. The van der Waals surface area contributed by atoms with Crippen LogP contribution < -0.4 is 5.73 Å². The fraction of sp³-hybridized carbons (Fsp3) is 0.286. The van der Waals surface area contributed by atoms with E-state index in [0.717, 1.165) is 16.9 Å². The molecule has 1 nitrogen and oxygen atoms in total. The van der Waals surface area contributed by atoms with E-state index >= 15 is 0 Å². The van der Waals surface area contributed by atoms with E-state index < -0.39 is 0 Å². The summed E-state index contributed by atoms with van der Waals surface area (Å²) in [6.45, 7) is 2.91. The van der Waals surface area contributed by atoms with Crippen molar-refractivity contribution in [2.45, 2.75) is 19.3 Å². The van der Waals surface area contributed by atoms with Gasteiger partial charge < -0.3 is 5.73 Å². The number of nitrogens with two attached hydrogens (primary N) is 1. The zero-order valence-corrected chi connectivity index (χ0v) is 12.4. The molecule has 0 spiro atoms. The van der Waals surface area contributed by atoms with Crippen molar-refractivity contribution in [3.8, 4) is 10.4 Å². The van der Waals surface area contributed by atoms with Crippen LogP contribution in [0.15, 0.2) is 30.3 Å². The van der Waals surface area contributed by atoms with E-state index in [0.29, 0.717) is 22.5 Å². The highest BCUT2D eigenvalue weighted by molar-refractivity contribution is 7.15. The van der Waals surface area contributed by atoms with Crippen LogP contribution in [0.1, 0.15) is 24.1 Å². The first-order chi connectivity index (χ1) is 8.63. The molecule has 2 N–H and O–H groups in total. The van der Waals surface area contributed by atoms with E-state index in [-0.39, 0.29) is 0 Å². The fourth-order valence-corrected chi connectivity index (χ4v) is 3.43. The Kier molecular flexibility index (Phi) is 4.68. The van der Waals surface area contributed by atoms with Gasteiger partial charge in [-0.1, -0.05) is 42.3 Å². The fourth-order valence-electron chi connectivity index (χ4n) is 1.85. The van der Waals surface area contributed by atoms with Crippen LogP contribution in [0.25, 0.3) is 10.4 Å². The molecule has 18 heavy (non-hydrogen) atoms. The average Bonchev–Trinajstić information content (AvgIpc) is 2.82. The minimum absolute atomic E-state index is 0.492. The smallest absolute Gasteiger partial charge is 0.0678 e. The van der Waals surface area contributed by atoms with Crippen molar-refractivity contribution in [2.24, 2.45) is 5.73 Å². The normalized spacial score (nSPS) is 12.7. The standard InChI is InChI=1S/C14H15Cl2NS/c1-9(7-8-17)12-5-6-13(18-12)10-3-2-4-11(15)14(10)16/h2-6,9H,7-8,17H2,1H3. The third-order valence-corrected chi connectivity index (χ3v) is 5.10. The molecule has 0 aliphatic carbocycles. The molecule has 2 aromatic rings. The molecule has 1 aromatic heterocycles. The largest absolute Gasteiger partial charge is 0.330 e. The Morgan fingerprint density at radius 1 is 1.22 bits per heavy atom. The van der Waals surface area contributed by atoms with Crippen molar-refractivity contribution < 1.29 is 0 Å². The van der Waals surface area contributed by atoms with Crippen LogP contribution in [0.3, 0.4) is 0 Å². The zero-order valence-electron chi connectivity index (χ0n) is 10.1. The number of hydrogen-bond donors (Lipinski definition) is 1. The maximum atomic E-state index is 6.23. The highest BCUT2D eigenvalue weighted by Crippen LogP contribution is 2.39. The van der Waals surface area contributed by atoms with Gasteiger partial charge in [-0.3, -0.25) is 0 Å². The summed E-state index contributed by atoms with van der Waals surface area (Å²) in [6.07, 6.45) is 1.00. The van der Waals surface area contributed by atoms with E-state index in [1.165, 1.54) is 4.88 Å². The van der Waals surface area contributed by atoms with Crippen molar-refractivity contribution in [1.82, 2.24) is 0 Å². The first kappa shape index (κ1) is 13.9. The lowest BCUT2D eigenvalue weighted by Crippen LogP contribution is -2.03. The summed E-state index contributed by atoms with van der Waals surface area (Å²) >= 11 is 14.0. The van der Waals surface area contributed by atoms with Crippen molar-refractivity contribution >= 4 is 34.5 Å². The minimum atomic E-state index is 0.492. The molecule has 1 unspecified atom stereocenters. The molecule has 0 saturated heterocycles. The van der Waals surface area contributed by atoms with E-state index in [9.17, 15) is 0 Å². The molecule has 1 aromatic carbocycles. The Balaban J connectivity index is 2.32. The van der Waals surface area contributed by atoms with Crippen LogP contribution in [-0.2, 0) is 0 Å². The van der Waals surface area contributed by atoms with Gasteiger partial charge in [0.25, 0.3) is 0 Å². The molecule has 0 saturated carbocycles. The van der Waals surface area contributed by atoms with Gasteiger partial charge in [0.1, 0.15) is 0 Å². The summed E-state index contributed by atoms with van der Waals surface area (Å²) in [5.74, 6) is 0.492. The van der Waals surface area contributed by atoms with Gasteiger partial charge in [-0.05, 0) is 37.1 Å². The molecular formula is C14H15Cl2NS. The van der Waals surface area contributed by atoms with Crippen LogP contribution in [-0.4, -0.2) is 6.54 Å². The Morgan fingerprint density at radius 2 is 2.00 bits per heavy atom. The number of thiophene rings is 1. The maximum Gasteiger partial charge on any atom is 0.0678 e. The molecule has 96 valence electrons. The van der Waals surface area contributed by atoms with Gasteiger partial charge in [0, 0.05) is 15.3 Å². The molecule has 0 fully saturated rings. The van der Waals surface area contributed by atoms with Crippen LogP contribution in [0, 0.1) is 0 Å². The second kappa shape index (κ2) is 6.07. The maximum absolute atomic E-state index is 6.23. The van der Waals surface area contributed by atoms with Gasteiger partial charge in [-0.2, -0.15) is 0 Å². The molecule has 0 bridgehead atoms. The predicted octanol–water partition coefficient (Wildman–Crippen LogP) is 5.17. The topological polar surface area (TPSA) is 26.0 Å². The third kappa shape index (κ3) is 2.89. The summed E-state index contributed by atoms with van der Waals surface area (Å²) in [4.78, 5) is 2.49. The quantitative estimate of drug-likeness (QED) is 0.827. The molecule has 0 aliphatic rings. The van der Waals surface area contributed by atoms with Gasteiger partial charge >= 0.3 is 0 Å². The first-order valence-electron chi connectivity index (χ1n) is 5.87. The second-order valence-corrected chi connectivity index (χ2v) is 6.18. The number of hydrogen-bond acceptors (Lipinski definition) is 2. The van der Waals surface area contributed by atoms with E-state index in [2.05, 4.69) is 19.1 Å². The molecule has 2 rings (SSSR count). The molecule has 0 amide bonds. The summed E-state index contributed by atoms with van der Waals surface area (Å²) < 4.78 is 0. The zero-order chi connectivity index (χ0) is 13.1. The van der Waals surface area contributed by atoms with Crippen LogP contribution >= 0.6 is 34.5 Å². The summed E-state index contributed by atoms with van der Waals surface area (Å²) in [5.41, 5.74) is 6.60. The Labute approximate surface area is 122 Å². The predicted molar refractivity (Wildman–Crippen MR) is 81.9 cm³/mol. The van der Waals surface area contributed by atoms with Gasteiger partial charge in [0.05, 0.1) is 10.0 Å². The van der Waals surface area contributed by atoms with Gasteiger partial charge in [0.15, 0.2) is 0 Å². The average molecular weight is 300 g/mol. The van der Waals surface area contributed by atoms with Gasteiger partial charge in [-0.15, -0.1) is 11.3 Å². The lowest BCUT2D eigenvalue weighted by Gasteiger charge is -2.06.